The molecule has 1 amide bonds. The minimum atomic E-state index is -0.164. The summed E-state index contributed by atoms with van der Waals surface area (Å²) in [6.45, 7) is 12.4. The van der Waals surface area contributed by atoms with Crippen LogP contribution in [0.3, 0.4) is 0 Å². The first kappa shape index (κ1) is 18.6. The third-order valence-electron chi connectivity index (χ3n) is 4.46. The molecule has 6 heteroatoms. The topological polar surface area (TPSA) is 84.1 Å². The number of nitrogens with zero attached hydrogens (tertiary/aromatic N) is 3. The Morgan fingerprint density at radius 1 is 1.29 bits per heavy atom. The summed E-state index contributed by atoms with van der Waals surface area (Å²) in [5.74, 6) is 2.40. The van der Waals surface area contributed by atoms with Crippen LogP contribution in [0.15, 0.2) is 0 Å². The van der Waals surface area contributed by atoms with E-state index in [2.05, 4.69) is 37.9 Å². The van der Waals surface area contributed by atoms with Gasteiger partial charge in [-0.2, -0.15) is 0 Å². The van der Waals surface area contributed by atoms with Crippen molar-refractivity contribution in [2.45, 2.75) is 65.3 Å². The maximum Gasteiger partial charge on any atom is 0.242 e. The van der Waals surface area contributed by atoms with E-state index in [-0.39, 0.29) is 11.9 Å². The highest BCUT2D eigenvalue weighted by atomic mass is 16.2. The van der Waals surface area contributed by atoms with E-state index in [1.165, 1.54) is 5.56 Å². The lowest BCUT2D eigenvalue weighted by Gasteiger charge is -2.30. The van der Waals surface area contributed by atoms with E-state index in [1.54, 1.807) is 0 Å². The van der Waals surface area contributed by atoms with Crippen molar-refractivity contribution in [1.82, 2.24) is 15.3 Å². The Balaban J connectivity index is 2.44. The highest BCUT2D eigenvalue weighted by Gasteiger charge is 2.34. The number of rotatable bonds is 6. The first-order valence-corrected chi connectivity index (χ1v) is 8.99. The fourth-order valence-electron chi connectivity index (χ4n) is 3.41. The van der Waals surface area contributed by atoms with Gasteiger partial charge in [-0.25, -0.2) is 9.97 Å². The van der Waals surface area contributed by atoms with Gasteiger partial charge in [-0.05, 0) is 31.6 Å². The van der Waals surface area contributed by atoms with Crippen molar-refractivity contribution in [3.05, 3.63) is 17.1 Å². The van der Waals surface area contributed by atoms with Crippen molar-refractivity contribution in [1.29, 1.82) is 0 Å². The van der Waals surface area contributed by atoms with Gasteiger partial charge in [-0.3, -0.25) is 4.79 Å². The van der Waals surface area contributed by atoms with Crippen LogP contribution in [0, 0.1) is 6.92 Å². The number of anilines is 1. The first-order valence-electron chi connectivity index (χ1n) is 8.99. The second kappa shape index (κ2) is 7.92. The lowest BCUT2D eigenvalue weighted by Crippen LogP contribution is -2.45. The molecule has 1 aromatic heterocycles. The number of amides is 1. The molecule has 1 fully saturated rings. The van der Waals surface area contributed by atoms with Crippen molar-refractivity contribution in [2.75, 3.05) is 24.5 Å². The summed E-state index contributed by atoms with van der Waals surface area (Å²) in [5.41, 5.74) is 7.78. The summed E-state index contributed by atoms with van der Waals surface area (Å²) in [6, 6.07) is -0.164. The number of carbonyl (C=O) groups is 1. The largest absolute Gasteiger partial charge is 0.353 e. The van der Waals surface area contributed by atoms with Gasteiger partial charge in [0.05, 0.1) is 5.69 Å². The second-order valence-corrected chi connectivity index (χ2v) is 7.13. The monoisotopic (exact) mass is 333 g/mol. The average Bonchev–Trinajstić information content (AvgIpc) is 3.00. The molecule has 1 aromatic rings. The molecule has 1 saturated heterocycles. The zero-order valence-electron chi connectivity index (χ0n) is 15.6. The van der Waals surface area contributed by atoms with E-state index in [0.717, 1.165) is 36.7 Å². The van der Waals surface area contributed by atoms with Crippen LogP contribution >= 0.6 is 0 Å². The van der Waals surface area contributed by atoms with Crippen molar-refractivity contribution in [2.24, 2.45) is 5.73 Å². The van der Waals surface area contributed by atoms with Gasteiger partial charge in [-0.1, -0.05) is 27.7 Å². The highest BCUT2D eigenvalue weighted by Crippen LogP contribution is 2.35. The molecule has 0 saturated carbocycles. The number of nitrogens with one attached hydrogen (secondary N) is 1. The first-order chi connectivity index (χ1) is 11.4. The van der Waals surface area contributed by atoms with Crippen LogP contribution in [0.2, 0.25) is 0 Å². The molecule has 0 bridgehead atoms. The van der Waals surface area contributed by atoms with E-state index in [9.17, 15) is 4.79 Å². The molecule has 134 valence electrons. The average molecular weight is 333 g/mol. The van der Waals surface area contributed by atoms with Crippen molar-refractivity contribution < 1.29 is 4.79 Å². The summed E-state index contributed by atoms with van der Waals surface area (Å²) < 4.78 is 0. The molecule has 6 nitrogen and oxygen atoms in total. The maximum atomic E-state index is 12.5. The van der Waals surface area contributed by atoms with Gasteiger partial charge in [0.15, 0.2) is 0 Å². The Labute approximate surface area is 145 Å². The molecular weight excluding hydrogens is 302 g/mol. The molecule has 1 aliphatic heterocycles. The van der Waals surface area contributed by atoms with Crippen LogP contribution in [0.4, 0.5) is 5.82 Å². The van der Waals surface area contributed by atoms with E-state index >= 15 is 0 Å². The van der Waals surface area contributed by atoms with Crippen LogP contribution in [0.25, 0.3) is 0 Å². The van der Waals surface area contributed by atoms with Gasteiger partial charge in [0, 0.05) is 25.2 Å². The van der Waals surface area contributed by atoms with Crippen LogP contribution in [-0.2, 0) is 4.79 Å². The Morgan fingerprint density at radius 2 is 2.00 bits per heavy atom. The van der Waals surface area contributed by atoms with E-state index < -0.39 is 0 Å². The lowest BCUT2D eigenvalue weighted by molar-refractivity contribution is -0.122. The second-order valence-electron chi connectivity index (χ2n) is 7.13. The summed E-state index contributed by atoms with van der Waals surface area (Å²) in [4.78, 5) is 24.1. The van der Waals surface area contributed by atoms with Gasteiger partial charge in [0.2, 0.25) is 5.91 Å². The summed E-state index contributed by atoms with van der Waals surface area (Å²) in [5, 5.41) is 2.93. The van der Waals surface area contributed by atoms with Gasteiger partial charge in [0.25, 0.3) is 0 Å². The number of hydrogen-bond donors (Lipinski definition) is 2. The van der Waals surface area contributed by atoms with Crippen molar-refractivity contribution >= 4 is 11.7 Å². The quantitative estimate of drug-likeness (QED) is 0.832. The molecule has 0 aromatic carbocycles. The molecule has 2 rings (SSSR count). The zero-order chi connectivity index (χ0) is 17.9. The number of nitrogens with two attached hydrogens (primary N) is 1. The van der Waals surface area contributed by atoms with Gasteiger partial charge in [0.1, 0.15) is 17.7 Å². The van der Waals surface area contributed by atoms with Crippen molar-refractivity contribution in [3.63, 3.8) is 0 Å². The standard InChI is InChI=1S/C18H31N5O/c1-11(2)15-16(12(3)4)21-13(5)22-17(15)23-10-6-7-14(23)18(24)20-9-8-19/h11-12,14H,6-10,19H2,1-5H3,(H,20,24). The highest BCUT2D eigenvalue weighted by molar-refractivity contribution is 5.85. The summed E-state index contributed by atoms with van der Waals surface area (Å²) in [7, 11) is 0. The molecular formula is C18H31N5O. The van der Waals surface area contributed by atoms with Crippen LogP contribution in [-0.4, -0.2) is 41.6 Å². The Bertz CT molecular complexity index is 585. The Hall–Kier alpha value is -1.69. The van der Waals surface area contributed by atoms with Gasteiger partial charge >= 0.3 is 0 Å². The van der Waals surface area contributed by atoms with E-state index in [1.807, 2.05) is 6.92 Å². The number of aryl methyl sites for hydroxylation is 1. The smallest absolute Gasteiger partial charge is 0.242 e. The van der Waals surface area contributed by atoms with E-state index in [4.69, 9.17) is 15.7 Å². The number of aromatic nitrogens is 2. The van der Waals surface area contributed by atoms with Crippen LogP contribution in [0.1, 0.15) is 69.5 Å². The molecule has 1 atom stereocenters. The maximum absolute atomic E-state index is 12.5. The molecule has 3 N–H and O–H groups in total. The molecule has 0 spiro atoms. The summed E-state index contributed by atoms with van der Waals surface area (Å²) in [6.07, 6.45) is 1.85. The number of carbonyl (C=O) groups excluding carboxylic acids is 1. The van der Waals surface area contributed by atoms with Crippen LogP contribution in [0.5, 0.6) is 0 Å². The predicted molar refractivity (Wildman–Crippen MR) is 97.4 cm³/mol. The molecule has 24 heavy (non-hydrogen) atoms. The predicted octanol–water partition coefficient (Wildman–Crippen LogP) is 2.08. The van der Waals surface area contributed by atoms with Gasteiger partial charge in [-0.15, -0.1) is 0 Å². The normalized spacial score (nSPS) is 17.8. The third-order valence-corrected chi connectivity index (χ3v) is 4.46. The third kappa shape index (κ3) is 3.86. The number of hydrogen-bond acceptors (Lipinski definition) is 5. The SMILES string of the molecule is Cc1nc(C(C)C)c(C(C)C)c(N2CCCC2C(=O)NCCN)n1. The minimum absolute atomic E-state index is 0.0509. The van der Waals surface area contributed by atoms with Crippen molar-refractivity contribution in [3.8, 4) is 0 Å². The van der Waals surface area contributed by atoms with Gasteiger partial charge < -0.3 is 16.0 Å². The van der Waals surface area contributed by atoms with Crippen LogP contribution < -0.4 is 16.0 Å². The molecule has 0 aliphatic carbocycles. The Morgan fingerprint density at radius 3 is 2.58 bits per heavy atom. The fraction of sp³-hybridized carbons (Fsp3) is 0.722. The molecule has 0 radical (unpaired) electrons. The van der Waals surface area contributed by atoms with E-state index in [0.29, 0.717) is 24.9 Å². The lowest BCUT2D eigenvalue weighted by atomic mass is 9.95. The zero-order valence-corrected chi connectivity index (χ0v) is 15.6. The summed E-state index contributed by atoms with van der Waals surface area (Å²) >= 11 is 0. The molecule has 2 heterocycles. The molecule has 1 unspecified atom stereocenters. The molecule has 1 aliphatic rings. The minimum Gasteiger partial charge on any atom is -0.353 e. The Kier molecular flexibility index (Phi) is 6.15. The fourth-order valence-corrected chi connectivity index (χ4v) is 3.41.